The van der Waals surface area contributed by atoms with Crippen molar-refractivity contribution in [2.75, 3.05) is 6.54 Å². The molecule has 0 atom stereocenters. The van der Waals surface area contributed by atoms with Crippen LogP contribution in [0.4, 0.5) is 0 Å². The van der Waals surface area contributed by atoms with Crippen molar-refractivity contribution in [3.05, 3.63) is 50.2 Å². The molecule has 0 bridgehead atoms. The van der Waals surface area contributed by atoms with Crippen molar-refractivity contribution in [3.63, 3.8) is 0 Å². The fourth-order valence-corrected chi connectivity index (χ4v) is 2.92. The Kier molecular flexibility index (Phi) is 4.03. The van der Waals surface area contributed by atoms with Crippen molar-refractivity contribution in [1.29, 1.82) is 0 Å². The highest BCUT2D eigenvalue weighted by molar-refractivity contribution is 7.71. The number of fused-ring (bicyclic) bond motifs is 1. The third-order valence-corrected chi connectivity index (χ3v) is 4.09. The number of aromatic amines is 1. The van der Waals surface area contributed by atoms with E-state index in [1.54, 1.807) is 6.07 Å². The molecule has 4 nitrogen and oxygen atoms in total. The van der Waals surface area contributed by atoms with E-state index in [2.05, 4.69) is 19.9 Å². The Bertz CT molecular complexity index is 701. The molecule has 0 aromatic carbocycles. The SMILES string of the molecule is S=c1ncc2c([nH]1)CCN(Cc1ccc(Cl)nc1Cl)C2. The Balaban J connectivity index is 1.77. The number of aromatic nitrogens is 3. The first-order valence-corrected chi connectivity index (χ1v) is 7.38. The summed E-state index contributed by atoms with van der Waals surface area (Å²) in [5.41, 5.74) is 3.35. The molecule has 104 valence electrons. The molecule has 1 N–H and O–H groups in total. The number of nitrogens with zero attached hydrogens (tertiary/aromatic N) is 3. The molecule has 3 heterocycles. The molecule has 0 fully saturated rings. The van der Waals surface area contributed by atoms with Gasteiger partial charge in [-0.15, -0.1) is 0 Å². The van der Waals surface area contributed by atoms with Gasteiger partial charge in [0.15, 0.2) is 4.77 Å². The average molecular weight is 327 g/mol. The highest BCUT2D eigenvalue weighted by Gasteiger charge is 2.18. The molecule has 0 aliphatic carbocycles. The van der Waals surface area contributed by atoms with Gasteiger partial charge in [-0.1, -0.05) is 29.3 Å². The lowest BCUT2D eigenvalue weighted by Crippen LogP contribution is -2.31. The van der Waals surface area contributed by atoms with Crippen molar-refractivity contribution in [3.8, 4) is 0 Å². The van der Waals surface area contributed by atoms with Crippen LogP contribution in [0.2, 0.25) is 10.3 Å². The van der Waals surface area contributed by atoms with Crippen LogP contribution in [-0.4, -0.2) is 26.4 Å². The summed E-state index contributed by atoms with van der Waals surface area (Å²) in [7, 11) is 0. The van der Waals surface area contributed by atoms with Crippen LogP contribution < -0.4 is 0 Å². The molecule has 3 rings (SSSR count). The van der Waals surface area contributed by atoms with Crippen molar-refractivity contribution in [1.82, 2.24) is 19.9 Å². The Morgan fingerprint density at radius 1 is 1.35 bits per heavy atom. The van der Waals surface area contributed by atoms with Gasteiger partial charge >= 0.3 is 0 Å². The minimum atomic E-state index is 0.416. The molecule has 20 heavy (non-hydrogen) atoms. The standard InChI is InChI=1S/C13H12Cl2N4S/c14-11-2-1-8(12(15)18-11)6-19-4-3-10-9(7-19)5-16-13(20)17-10/h1-2,5H,3-4,6-7H2,(H,16,17,20). The number of halogens is 2. The fraction of sp³-hybridized carbons (Fsp3) is 0.308. The zero-order valence-corrected chi connectivity index (χ0v) is 12.9. The van der Waals surface area contributed by atoms with E-state index in [0.29, 0.717) is 15.1 Å². The third kappa shape index (κ3) is 3.01. The van der Waals surface area contributed by atoms with E-state index in [4.69, 9.17) is 35.4 Å². The first kappa shape index (κ1) is 13.9. The van der Waals surface area contributed by atoms with E-state index in [1.807, 2.05) is 12.3 Å². The third-order valence-electron chi connectivity index (χ3n) is 3.34. The predicted molar refractivity (Wildman–Crippen MR) is 81.5 cm³/mol. The van der Waals surface area contributed by atoms with Crippen molar-refractivity contribution >= 4 is 35.4 Å². The van der Waals surface area contributed by atoms with Gasteiger partial charge in [0.05, 0.1) is 0 Å². The summed E-state index contributed by atoms with van der Waals surface area (Å²) < 4.78 is 0.544. The number of nitrogens with one attached hydrogen (secondary N) is 1. The molecule has 1 aliphatic heterocycles. The van der Waals surface area contributed by atoms with Crippen LogP contribution in [0.5, 0.6) is 0 Å². The summed E-state index contributed by atoms with van der Waals surface area (Å²) in [5.74, 6) is 0. The molecule has 0 saturated heterocycles. The van der Waals surface area contributed by atoms with Crippen LogP contribution in [0.15, 0.2) is 18.3 Å². The van der Waals surface area contributed by atoms with E-state index in [-0.39, 0.29) is 0 Å². The Morgan fingerprint density at radius 3 is 3.00 bits per heavy atom. The van der Waals surface area contributed by atoms with Gasteiger partial charge in [-0.05, 0) is 18.3 Å². The molecule has 0 unspecified atom stereocenters. The Hall–Kier alpha value is -1.01. The number of rotatable bonds is 2. The summed E-state index contributed by atoms with van der Waals surface area (Å²) >= 11 is 17.0. The van der Waals surface area contributed by atoms with Crippen LogP contribution in [0.25, 0.3) is 0 Å². The summed E-state index contributed by atoms with van der Waals surface area (Å²) in [5, 5.41) is 0.883. The summed E-state index contributed by atoms with van der Waals surface area (Å²) in [6.07, 6.45) is 2.78. The van der Waals surface area contributed by atoms with E-state index in [9.17, 15) is 0 Å². The summed E-state index contributed by atoms with van der Waals surface area (Å²) in [4.78, 5) is 13.7. The van der Waals surface area contributed by atoms with Crippen LogP contribution in [-0.2, 0) is 19.5 Å². The first-order valence-electron chi connectivity index (χ1n) is 6.22. The van der Waals surface area contributed by atoms with Crippen LogP contribution in [0.3, 0.4) is 0 Å². The van der Waals surface area contributed by atoms with Gasteiger partial charge in [0, 0.05) is 49.1 Å². The Morgan fingerprint density at radius 2 is 2.20 bits per heavy atom. The van der Waals surface area contributed by atoms with E-state index in [1.165, 1.54) is 11.3 Å². The van der Waals surface area contributed by atoms with Gasteiger partial charge in [-0.25, -0.2) is 9.97 Å². The summed E-state index contributed by atoms with van der Waals surface area (Å²) in [6.45, 7) is 2.52. The number of H-pyrrole nitrogens is 1. The van der Waals surface area contributed by atoms with Gasteiger partial charge < -0.3 is 4.98 Å². The molecule has 0 radical (unpaired) electrons. The maximum absolute atomic E-state index is 6.12. The fourth-order valence-electron chi connectivity index (χ4n) is 2.34. The minimum absolute atomic E-state index is 0.416. The maximum Gasteiger partial charge on any atom is 0.196 e. The Labute approximate surface area is 131 Å². The molecule has 2 aromatic heterocycles. The van der Waals surface area contributed by atoms with Gasteiger partial charge in [-0.3, -0.25) is 4.90 Å². The zero-order chi connectivity index (χ0) is 14.1. The molecular formula is C13H12Cl2N4S. The van der Waals surface area contributed by atoms with Crippen molar-refractivity contribution in [2.45, 2.75) is 19.5 Å². The van der Waals surface area contributed by atoms with Crippen LogP contribution >= 0.6 is 35.4 Å². The molecule has 1 aliphatic rings. The minimum Gasteiger partial charge on any atom is -0.334 e. The molecule has 2 aromatic rings. The second-order valence-corrected chi connectivity index (χ2v) is 5.87. The number of hydrogen-bond acceptors (Lipinski definition) is 4. The van der Waals surface area contributed by atoms with E-state index < -0.39 is 0 Å². The quantitative estimate of drug-likeness (QED) is 0.678. The molecule has 7 heteroatoms. The highest BCUT2D eigenvalue weighted by atomic mass is 35.5. The lowest BCUT2D eigenvalue weighted by Gasteiger charge is -2.28. The molecular weight excluding hydrogens is 315 g/mol. The van der Waals surface area contributed by atoms with E-state index >= 15 is 0 Å². The number of pyridine rings is 1. The summed E-state index contributed by atoms with van der Waals surface area (Å²) in [6, 6.07) is 3.68. The van der Waals surface area contributed by atoms with Crippen molar-refractivity contribution in [2.24, 2.45) is 0 Å². The monoisotopic (exact) mass is 326 g/mol. The van der Waals surface area contributed by atoms with Crippen molar-refractivity contribution < 1.29 is 0 Å². The average Bonchev–Trinajstić information content (AvgIpc) is 2.42. The lowest BCUT2D eigenvalue weighted by atomic mass is 10.1. The molecule has 0 amide bonds. The molecule has 0 saturated carbocycles. The second-order valence-electron chi connectivity index (χ2n) is 4.74. The van der Waals surface area contributed by atoms with Crippen LogP contribution in [0.1, 0.15) is 16.8 Å². The largest absolute Gasteiger partial charge is 0.334 e. The van der Waals surface area contributed by atoms with Gasteiger partial charge in [0.25, 0.3) is 0 Å². The lowest BCUT2D eigenvalue weighted by molar-refractivity contribution is 0.242. The molecule has 0 spiro atoms. The first-order chi connectivity index (χ1) is 9.61. The van der Waals surface area contributed by atoms with Gasteiger partial charge in [-0.2, -0.15) is 0 Å². The predicted octanol–water partition coefficient (Wildman–Crippen LogP) is 3.40. The second kappa shape index (κ2) is 5.77. The van der Waals surface area contributed by atoms with Gasteiger partial charge in [0.1, 0.15) is 10.3 Å². The smallest absolute Gasteiger partial charge is 0.196 e. The highest BCUT2D eigenvalue weighted by Crippen LogP contribution is 2.22. The van der Waals surface area contributed by atoms with Gasteiger partial charge in [0.2, 0.25) is 0 Å². The van der Waals surface area contributed by atoms with Crippen LogP contribution in [0, 0.1) is 4.77 Å². The zero-order valence-electron chi connectivity index (χ0n) is 10.6. The normalized spacial score (nSPS) is 15.1. The van der Waals surface area contributed by atoms with E-state index in [0.717, 1.165) is 31.6 Å². The topological polar surface area (TPSA) is 44.8 Å². The maximum atomic E-state index is 6.12. The number of hydrogen-bond donors (Lipinski definition) is 1.